The largest absolute Gasteiger partial charge is 0.381 e. The molecule has 184 valence electrons. The number of hydrogen-bond acceptors (Lipinski definition) is 9. The number of pyridine rings is 1. The van der Waals surface area contributed by atoms with Gasteiger partial charge in [-0.2, -0.15) is 14.7 Å². The molecule has 0 N–H and O–H groups in total. The first-order chi connectivity index (χ1) is 17.2. The van der Waals surface area contributed by atoms with Gasteiger partial charge >= 0.3 is 0 Å². The van der Waals surface area contributed by atoms with Crippen LogP contribution in [0.2, 0.25) is 0 Å². The number of fused-ring (bicyclic) bond motifs is 1. The first-order valence-electron chi connectivity index (χ1n) is 12.5. The van der Waals surface area contributed by atoms with Crippen LogP contribution in [0.4, 0.5) is 5.82 Å². The number of ether oxygens (including phenoxy) is 3. The van der Waals surface area contributed by atoms with Crippen molar-refractivity contribution in [3.05, 3.63) is 23.9 Å². The van der Waals surface area contributed by atoms with Gasteiger partial charge in [0, 0.05) is 32.6 Å². The smallest absolute Gasteiger partial charge is 0.150 e. The summed E-state index contributed by atoms with van der Waals surface area (Å²) in [6, 6.07) is 6.98. The highest BCUT2D eigenvalue weighted by atomic mass is 32.1. The molecule has 0 saturated carbocycles. The van der Waals surface area contributed by atoms with E-state index in [4.69, 9.17) is 23.6 Å². The molecule has 0 amide bonds. The molecule has 3 aromatic rings. The third-order valence-corrected chi connectivity index (χ3v) is 8.36. The Morgan fingerprint density at radius 2 is 2.06 bits per heavy atom. The second-order valence-corrected chi connectivity index (χ2v) is 10.4. The molecule has 3 saturated heterocycles. The lowest BCUT2D eigenvalue weighted by Gasteiger charge is -2.36. The number of morpholine rings is 1. The van der Waals surface area contributed by atoms with Gasteiger partial charge < -0.3 is 19.1 Å². The van der Waals surface area contributed by atoms with Crippen LogP contribution in [0.5, 0.6) is 0 Å². The van der Waals surface area contributed by atoms with Crippen LogP contribution in [0, 0.1) is 11.3 Å². The number of anilines is 1. The van der Waals surface area contributed by atoms with Crippen LogP contribution >= 0.6 is 11.5 Å². The Hall–Kier alpha value is -2.58. The van der Waals surface area contributed by atoms with E-state index in [0.29, 0.717) is 39.3 Å². The SMILES string of the molecule is CC1COCCN1c1cc(C2(C#N)CCOCC2)c2snc(-c3ccnn3C3CCCCO3)c2n1. The lowest BCUT2D eigenvalue weighted by Crippen LogP contribution is -2.44. The van der Waals surface area contributed by atoms with E-state index in [1.165, 1.54) is 11.5 Å². The Morgan fingerprint density at radius 3 is 2.83 bits per heavy atom. The summed E-state index contributed by atoms with van der Waals surface area (Å²) in [5.74, 6) is 0.880. The molecule has 35 heavy (non-hydrogen) atoms. The first-order valence-corrected chi connectivity index (χ1v) is 13.3. The van der Waals surface area contributed by atoms with E-state index in [9.17, 15) is 5.26 Å². The lowest BCUT2D eigenvalue weighted by molar-refractivity contribution is -0.0383. The molecule has 0 aliphatic carbocycles. The van der Waals surface area contributed by atoms with Crippen LogP contribution in [0.1, 0.15) is 50.8 Å². The van der Waals surface area contributed by atoms with Crippen molar-refractivity contribution >= 4 is 27.6 Å². The average molecular weight is 495 g/mol. The Labute approximate surface area is 208 Å². The van der Waals surface area contributed by atoms with Crippen molar-refractivity contribution in [2.24, 2.45) is 0 Å². The van der Waals surface area contributed by atoms with Crippen molar-refractivity contribution in [3.8, 4) is 17.5 Å². The summed E-state index contributed by atoms with van der Waals surface area (Å²) in [7, 11) is 0. The number of nitriles is 1. The van der Waals surface area contributed by atoms with Gasteiger partial charge in [-0.05, 0) is 68.3 Å². The Morgan fingerprint density at radius 1 is 1.17 bits per heavy atom. The summed E-state index contributed by atoms with van der Waals surface area (Å²) in [5, 5.41) is 15.0. The number of hydrogen-bond donors (Lipinski definition) is 0. The van der Waals surface area contributed by atoms with E-state index in [0.717, 1.165) is 65.4 Å². The molecule has 6 rings (SSSR count). The fourth-order valence-corrected chi connectivity index (χ4v) is 6.40. The van der Waals surface area contributed by atoms with E-state index < -0.39 is 5.41 Å². The van der Waals surface area contributed by atoms with Gasteiger partial charge in [0.1, 0.15) is 17.0 Å². The molecular formula is C25H30N6O3S. The van der Waals surface area contributed by atoms with Crippen molar-refractivity contribution in [1.82, 2.24) is 19.1 Å². The Kier molecular flexibility index (Phi) is 6.18. The summed E-state index contributed by atoms with van der Waals surface area (Å²) in [6.07, 6.45) is 6.19. The van der Waals surface area contributed by atoms with Crippen LogP contribution in [-0.2, 0) is 19.6 Å². The Bertz CT molecular complexity index is 1240. The normalized spacial score (nSPS) is 25.0. The van der Waals surface area contributed by atoms with Gasteiger partial charge in [0.15, 0.2) is 6.23 Å². The molecule has 0 spiro atoms. The predicted molar refractivity (Wildman–Crippen MR) is 132 cm³/mol. The predicted octanol–water partition coefficient (Wildman–Crippen LogP) is 4.05. The highest BCUT2D eigenvalue weighted by molar-refractivity contribution is 7.13. The fourth-order valence-electron chi connectivity index (χ4n) is 5.45. The zero-order valence-corrected chi connectivity index (χ0v) is 20.8. The van der Waals surface area contributed by atoms with E-state index in [-0.39, 0.29) is 12.3 Å². The number of nitrogens with zero attached hydrogens (tertiary/aromatic N) is 6. The molecular weight excluding hydrogens is 464 g/mol. The molecule has 3 fully saturated rings. The second-order valence-electron chi connectivity index (χ2n) is 9.64. The number of aromatic nitrogens is 4. The summed E-state index contributed by atoms with van der Waals surface area (Å²) >= 11 is 1.43. The van der Waals surface area contributed by atoms with Crippen LogP contribution in [-0.4, -0.2) is 64.8 Å². The first kappa shape index (κ1) is 22.9. The maximum absolute atomic E-state index is 10.4. The quantitative estimate of drug-likeness (QED) is 0.536. The minimum absolute atomic E-state index is 0.0895. The molecule has 10 heteroatoms. The minimum atomic E-state index is -0.611. The molecule has 2 atom stereocenters. The highest BCUT2D eigenvalue weighted by Gasteiger charge is 2.39. The van der Waals surface area contributed by atoms with Crippen LogP contribution in [0.25, 0.3) is 21.6 Å². The molecule has 0 radical (unpaired) electrons. The average Bonchev–Trinajstić information content (AvgIpc) is 3.56. The monoisotopic (exact) mass is 494 g/mol. The molecule has 3 aliphatic rings. The maximum atomic E-state index is 10.4. The maximum Gasteiger partial charge on any atom is 0.150 e. The van der Waals surface area contributed by atoms with Gasteiger partial charge in [0.05, 0.1) is 41.1 Å². The van der Waals surface area contributed by atoms with E-state index in [2.05, 4.69) is 29.1 Å². The fraction of sp³-hybridized carbons (Fsp3) is 0.600. The topological polar surface area (TPSA) is 98.3 Å². The number of rotatable bonds is 4. The minimum Gasteiger partial charge on any atom is -0.381 e. The Balaban J connectivity index is 1.53. The van der Waals surface area contributed by atoms with Crippen molar-refractivity contribution in [2.45, 2.75) is 56.7 Å². The molecule has 3 aromatic heterocycles. The van der Waals surface area contributed by atoms with E-state index in [1.807, 2.05) is 16.9 Å². The van der Waals surface area contributed by atoms with Crippen molar-refractivity contribution in [2.75, 3.05) is 44.5 Å². The zero-order chi connectivity index (χ0) is 23.8. The molecule has 6 heterocycles. The van der Waals surface area contributed by atoms with E-state index >= 15 is 0 Å². The summed E-state index contributed by atoms with van der Waals surface area (Å²) in [4.78, 5) is 7.46. The van der Waals surface area contributed by atoms with Crippen LogP contribution in [0.15, 0.2) is 18.3 Å². The molecule has 9 nitrogen and oxygen atoms in total. The van der Waals surface area contributed by atoms with Gasteiger partial charge in [-0.25, -0.2) is 9.67 Å². The van der Waals surface area contributed by atoms with Gasteiger partial charge in [0.25, 0.3) is 0 Å². The standard InChI is InChI=1S/C25H30N6O3S/c1-17-15-33-13-9-30(17)20-14-18(25(16-26)6-11-32-12-7-25)24-23(28-20)22(29-35-24)19-5-8-27-31(19)21-4-2-3-10-34-21/h5,8,14,17,21H,2-4,6-7,9-13,15H2,1H3. The van der Waals surface area contributed by atoms with Gasteiger partial charge in [-0.1, -0.05) is 0 Å². The van der Waals surface area contributed by atoms with Crippen LogP contribution in [0.3, 0.4) is 0 Å². The van der Waals surface area contributed by atoms with Crippen molar-refractivity contribution < 1.29 is 14.2 Å². The van der Waals surface area contributed by atoms with Crippen molar-refractivity contribution in [1.29, 1.82) is 5.26 Å². The van der Waals surface area contributed by atoms with E-state index in [1.54, 1.807) is 0 Å². The summed E-state index contributed by atoms with van der Waals surface area (Å²) in [6.45, 7) is 6.15. The lowest BCUT2D eigenvalue weighted by atomic mass is 9.75. The van der Waals surface area contributed by atoms with Gasteiger partial charge in [-0.15, -0.1) is 0 Å². The molecule has 3 aliphatic heterocycles. The zero-order valence-electron chi connectivity index (χ0n) is 20.0. The molecule has 0 aromatic carbocycles. The third kappa shape index (κ3) is 4.00. The molecule has 2 unspecified atom stereocenters. The van der Waals surface area contributed by atoms with Gasteiger partial charge in [-0.3, -0.25) is 0 Å². The van der Waals surface area contributed by atoms with Crippen molar-refractivity contribution in [3.63, 3.8) is 0 Å². The highest BCUT2D eigenvalue weighted by Crippen LogP contribution is 2.44. The summed E-state index contributed by atoms with van der Waals surface area (Å²) in [5.41, 5.74) is 2.96. The third-order valence-electron chi connectivity index (χ3n) is 7.49. The second kappa shape index (κ2) is 9.47. The molecule has 0 bridgehead atoms. The van der Waals surface area contributed by atoms with Gasteiger partial charge in [0.2, 0.25) is 0 Å². The summed E-state index contributed by atoms with van der Waals surface area (Å²) < 4.78 is 25.2. The van der Waals surface area contributed by atoms with Crippen LogP contribution < -0.4 is 4.90 Å².